The van der Waals surface area contributed by atoms with Gasteiger partial charge in [-0.2, -0.15) is 0 Å². The molecule has 3 N–H and O–H groups in total. The molecule has 1 heterocycles. The van der Waals surface area contributed by atoms with Gasteiger partial charge in [0.15, 0.2) is 0 Å². The maximum Gasteiger partial charge on any atom is 0.0404 e. The number of rotatable bonds is 0. The van der Waals surface area contributed by atoms with Gasteiger partial charge >= 0.3 is 0 Å². The summed E-state index contributed by atoms with van der Waals surface area (Å²) in [6, 6.07) is 14.6. The highest BCUT2D eigenvalue weighted by Crippen LogP contribution is 2.28. The van der Waals surface area contributed by atoms with E-state index in [2.05, 4.69) is 35.6 Å². The Labute approximate surface area is 95.1 Å². The van der Waals surface area contributed by atoms with Crippen molar-refractivity contribution < 1.29 is 0 Å². The first-order valence-electron chi connectivity index (χ1n) is 5.52. The van der Waals surface area contributed by atoms with Crippen molar-refractivity contribution in [2.24, 2.45) is 0 Å². The molecule has 0 bridgehead atoms. The van der Waals surface area contributed by atoms with Gasteiger partial charge < -0.3 is 11.1 Å². The zero-order valence-electron chi connectivity index (χ0n) is 9.03. The van der Waals surface area contributed by atoms with E-state index in [1.807, 2.05) is 12.1 Å². The monoisotopic (exact) mass is 210 g/mol. The van der Waals surface area contributed by atoms with Gasteiger partial charge in [0.05, 0.1) is 0 Å². The number of para-hydroxylation sites is 1. The topological polar surface area (TPSA) is 38.0 Å². The molecule has 3 rings (SSSR count). The molecule has 0 fully saturated rings. The number of nitrogen functional groups attached to an aromatic ring is 1. The minimum absolute atomic E-state index is 0.859. The normalized spacial score (nSPS) is 13.2. The Kier molecular flexibility index (Phi) is 2.07. The average Bonchev–Trinajstić information content (AvgIpc) is 2.50. The fraction of sp³-hybridized carbons (Fsp3) is 0.143. The summed E-state index contributed by atoms with van der Waals surface area (Å²) in [7, 11) is 0. The van der Waals surface area contributed by atoms with Crippen LogP contribution in [0.1, 0.15) is 16.7 Å². The van der Waals surface area contributed by atoms with Gasteiger partial charge in [-0.25, -0.2) is 0 Å². The second-order valence-electron chi connectivity index (χ2n) is 4.17. The highest BCUT2D eigenvalue weighted by molar-refractivity contribution is 5.61. The molecule has 0 aromatic heterocycles. The molecule has 0 unspecified atom stereocenters. The number of nitrogens with two attached hydrogens (primary N) is 1. The maximum absolute atomic E-state index is 6.04. The predicted octanol–water partition coefficient (Wildman–Crippen LogP) is 2.79. The molecule has 2 aromatic rings. The molecule has 2 nitrogen and oxygen atoms in total. The Morgan fingerprint density at radius 3 is 2.69 bits per heavy atom. The van der Waals surface area contributed by atoms with Gasteiger partial charge in [0.2, 0.25) is 0 Å². The maximum atomic E-state index is 6.04. The van der Waals surface area contributed by atoms with E-state index in [-0.39, 0.29) is 0 Å². The molecule has 0 spiro atoms. The lowest BCUT2D eigenvalue weighted by molar-refractivity contribution is 1.13. The summed E-state index contributed by atoms with van der Waals surface area (Å²) in [5.74, 6) is 0. The van der Waals surface area contributed by atoms with Crippen LogP contribution in [0.15, 0.2) is 42.5 Å². The van der Waals surface area contributed by atoms with E-state index in [1.165, 1.54) is 22.4 Å². The first kappa shape index (κ1) is 9.28. The van der Waals surface area contributed by atoms with Gasteiger partial charge in [0.25, 0.3) is 0 Å². The van der Waals surface area contributed by atoms with Crippen LogP contribution < -0.4 is 11.1 Å². The summed E-state index contributed by atoms with van der Waals surface area (Å²) < 4.78 is 0. The van der Waals surface area contributed by atoms with E-state index >= 15 is 0 Å². The molecule has 0 aliphatic carbocycles. The van der Waals surface area contributed by atoms with E-state index in [1.54, 1.807) is 0 Å². The predicted molar refractivity (Wildman–Crippen MR) is 67.4 cm³/mol. The third-order valence-electron chi connectivity index (χ3n) is 3.16. The number of hydrogen-bond acceptors (Lipinski definition) is 2. The third kappa shape index (κ3) is 1.43. The van der Waals surface area contributed by atoms with Gasteiger partial charge in [0.1, 0.15) is 0 Å². The molecule has 0 saturated heterocycles. The SMILES string of the molecule is Nc1cccc2c1Cc1ccccc1NC2. The number of benzene rings is 2. The zero-order valence-corrected chi connectivity index (χ0v) is 9.03. The highest BCUT2D eigenvalue weighted by atomic mass is 14.9. The summed E-state index contributed by atoms with van der Waals surface area (Å²) in [5.41, 5.74) is 12.0. The molecule has 0 atom stereocenters. The minimum Gasteiger partial charge on any atom is -0.398 e. The quantitative estimate of drug-likeness (QED) is 0.656. The Morgan fingerprint density at radius 2 is 1.75 bits per heavy atom. The van der Waals surface area contributed by atoms with Crippen LogP contribution in [0.3, 0.4) is 0 Å². The number of hydrogen-bond donors (Lipinski definition) is 2. The standard InChI is InChI=1S/C14H14N2/c15-13-6-3-5-11-9-16-14-7-2-1-4-10(14)8-12(11)13/h1-7,16H,8-9,15H2. The Balaban J connectivity index is 2.13. The summed E-state index contributed by atoms with van der Waals surface area (Å²) >= 11 is 0. The molecule has 1 aliphatic rings. The van der Waals surface area contributed by atoms with Crippen molar-refractivity contribution in [3.63, 3.8) is 0 Å². The Bertz CT molecular complexity index is 532. The van der Waals surface area contributed by atoms with Crippen LogP contribution in [0.5, 0.6) is 0 Å². The van der Waals surface area contributed by atoms with Crippen LogP contribution in [0.2, 0.25) is 0 Å². The van der Waals surface area contributed by atoms with E-state index in [0.717, 1.165) is 18.7 Å². The van der Waals surface area contributed by atoms with Gasteiger partial charge in [0, 0.05) is 24.3 Å². The zero-order chi connectivity index (χ0) is 11.0. The molecule has 1 aliphatic heterocycles. The van der Waals surface area contributed by atoms with E-state index in [9.17, 15) is 0 Å². The van der Waals surface area contributed by atoms with Crippen LogP contribution in [0.4, 0.5) is 11.4 Å². The number of nitrogens with one attached hydrogen (secondary N) is 1. The van der Waals surface area contributed by atoms with E-state index in [4.69, 9.17) is 5.73 Å². The van der Waals surface area contributed by atoms with Crippen molar-refractivity contribution in [1.29, 1.82) is 0 Å². The first-order valence-corrected chi connectivity index (χ1v) is 5.52. The highest BCUT2D eigenvalue weighted by Gasteiger charge is 2.13. The van der Waals surface area contributed by atoms with Crippen molar-refractivity contribution in [3.8, 4) is 0 Å². The average molecular weight is 210 g/mol. The van der Waals surface area contributed by atoms with Crippen LogP contribution in [0.25, 0.3) is 0 Å². The van der Waals surface area contributed by atoms with Gasteiger partial charge in [-0.15, -0.1) is 0 Å². The molecular weight excluding hydrogens is 196 g/mol. The fourth-order valence-electron chi connectivity index (χ4n) is 2.26. The van der Waals surface area contributed by atoms with Crippen LogP contribution in [-0.2, 0) is 13.0 Å². The third-order valence-corrected chi connectivity index (χ3v) is 3.16. The molecule has 0 radical (unpaired) electrons. The number of fused-ring (bicyclic) bond motifs is 2. The van der Waals surface area contributed by atoms with Crippen molar-refractivity contribution in [3.05, 3.63) is 59.2 Å². The lowest BCUT2D eigenvalue weighted by Crippen LogP contribution is -2.01. The smallest absolute Gasteiger partial charge is 0.0404 e. The lowest BCUT2D eigenvalue weighted by Gasteiger charge is -2.08. The van der Waals surface area contributed by atoms with Crippen molar-refractivity contribution in [2.75, 3.05) is 11.1 Å². The summed E-state index contributed by atoms with van der Waals surface area (Å²) in [5, 5.41) is 3.45. The van der Waals surface area contributed by atoms with Gasteiger partial charge in [-0.1, -0.05) is 30.3 Å². The van der Waals surface area contributed by atoms with E-state index in [0.29, 0.717) is 0 Å². The van der Waals surface area contributed by atoms with Gasteiger partial charge in [-0.3, -0.25) is 0 Å². The molecule has 0 saturated carbocycles. The lowest BCUT2D eigenvalue weighted by atomic mass is 9.99. The second kappa shape index (κ2) is 3.56. The Hall–Kier alpha value is -1.96. The molecule has 2 aromatic carbocycles. The van der Waals surface area contributed by atoms with Gasteiger partial charge in [-0.05, 0) is 28.8 Å². The summed E-state index contributed by atoms with van der Waals surface area (Å²) in [6.45, 7) is 0.859. The molecule has 0 amide bonds. The van der Waals surface area contributed by atoms with Crippen LogP contribution in [0, 0.1) is 0 Å². The van der Waals surface area contributed by atoms with Crippen LogP contribution >= 0.6 is 0 Å². The van der Waals surface area contributed by atoms with E-state index < -0.39 is 0 Å². The largest absolute Gasteiger partial charge is 0.398 e. The molecule has 16 heavy (non-hydrogen) atoms. The fourth-order valence-corrected chi connectivity index (χ4v) is 2.26. The number of anilines is 2. The molecular formula is C14H14N2. The van der Waals surface area contributed by atoms with Crippen molar-refractivity contribution >= 4 is 11.4 Å². The molecule has 2 heteroatoms. The Morgan fingerprint density at radius 1 is 0.938 bits per heavy atom. The van der Waals surface area contributed by atoms with Crippen molar-refractivity contribution in [2.45, 2.75) is 13.0 Å². The van der Waals surface area contributed by atoms with Crippen LogP contribution in [-0.4, -0.2) is 0 Å². The summed E-state index contributed by atoms with van der Waals surface area (Å²) in [4.78, 5) is 0. The molecule has 80 valence electrons. The minimum atomic E-state index is 0.859. The van der Waals surface area contributed by atoms with Crippen molar-refractivity contribution in [1.82, 2.24) is 0 Å². The summed E-state index contributed by atoms with van der Waals surface area (Å²) in [6.07, 6.45) is 0.922. The first-order chi connectivity index (χ1) is 7.84. The second-order valence-corrected chi connectivity index (χ2v) is 4.17.